The summed E-state index contributed by atoms with van der Waals surface area (Å²) in [5.74, 6) is 0.294. The zero-order chi connectivity index (χ0) is 14.2. The van der Waals surface area contributed by atoms with Crippen LogP contribution in [0.15, 0.2) is 48.7 Å². The van der Waals surface area contributed by atoms with Crippen molar-refractivity contribution in [3.63, 3.8) is 0 Å². The summed E-state index contributed by atoms with van der Waals surface area (Å²) >= 11 is 0. The summed E-state index contributed by atoms with van der Waals surface area (Å²) in [6, 6.07) is 12.7. The molecular weight excluding hydrogens is 252 g/mol. The lowest BCUT2D eigenvalue weighted by molar-refractivity contribution is -0.121. The lowest BCUT2D eigenvalue weighted by Gasteiger charge is -2.05. The molecule has 104 valence electrons. The molecule has 0 atom stereocenters. The van der Waals surface area contributed by atoms with Crippen molar-refractivity contribution in [1.82, 2.24) is 10.3 Å². The molecule has 1 aromatic heterocycles. The molecule has 0 saturated carbocycles. The van der Waals surface area contributed by atoms with E-state index in [0.29, 0.717) is 19.4 Å². The summed E-state index contributed by atoms with van der Waals surface area (Å²) in [4.78, 5) is 15.9. The van der Waals surface area contributed by atoms with E-state index in [1.54, 1.807) is 18.3 Å². The second-order valence-electron chi connectivity index (χ2n) is 4.59. The third-order valence-electron chi connectivity index (χ3n) is 3.01. The number of carbonyl (C=O) groups excluding carboxylic acids is 1. The Morgan fingerprint density at radius 2 is 1.90 bits per heavy atom. The molecule has 0 radical (unpaired) electrons. The highest BCUT2D eigenvalue weighted by molar-refractivity contribution is 5.76. The number of nitrogens with zero attached hydrogens (tertiary/aromatic N) is 1. The highest BCUT2D eigenvalue weighted by Crippen LogP contribution is 2.09. The van der Waals surface area contributed by atoms with Gasteiger partial charge in [-0.1, -0.05) is 18.2 Å². The van der Waals surface area contributed by atoms with Crippen LogP contribution in [-0.4, -0.2) is 22.5 Å². The molecule has 4 heteroatoms. The quantitative estimate of drug-likeness (QED) is 0.844. The number of rotatable bonds is 6. The highest BCUT2D eigenvalue weighted by atomic mass is 16.3. The van der Waals surface area contributed by atoms with E-state index in [9.17, 15) is 9.90 Å². The van der Waals surface area contributed by atoms with Gasteiger partial charge in [-0.05, 0) is 42.7 Å². The number of phenolic OH excluding ortho intramolecular Hbond substituents is 1. The van der Waals surface area contributed by atoms with Gasteiger partial charge in [0.1, 0.15) is 5.75 Å². The maximum atomic E-state index is 11.7. The van der Waals surface area contributed by atoms with Crippen molar-refractivity contribution in [2.75, 3.05) is 6.54 Å². The predicted octanol–water partition coefficient (Wildman–Crippen LogP) is 2.08. The SMILES string of the molecule is O=C(CCc1ccccn1)NCCc1ccc(O)cc1. The van der Waals surface area contributed by atoms with Crippen molar-refractivity contribution >= 4 is 5.91 Å². The Morgan fingerprint density at radius 3 is 2.60 bits per heavy atom. The first kappa shape index (κ1) is 14.1. The molecule has 2 N–H and O–H groups in total. The molecule has 0 aliphatic carbocycles. The molecule has 2 rings (SSSR count). The van der Waals surface area contributed by atoms with Crippen molar-refractivity contribution in [3.05, 3.63) is 59.9 Å². The maximum Gasteiger partial charge on any atom is 0.220 e. The minimum Gasteiger partial charge on any atom is -0.508 e. The lowest BCUT2D eigenvalue weighted by atomic mass is 10.1. The number of benzene rings is 1. The number of hydrogen-bond donors (Lipinski definition) is 2. The topological polar surface area (TPSA) is 62.2 Å². The zero-order valence-corrected chi connectivity index (χ0v) is 11.2. The Morgan fingerprint density at radius 1 is 1.10 bits per heavy atom. The van der Waals surface area contributed by atoms with Crippen LogP contribution in [0.2, 0.25) is 0 Å². The number of pyridine rings is 1. The number of aromatic hydroxyl groups is 1. The number of aromatic nitrogens is 1. The molecule has 1 aromatic carbocycles. The van der Waals surface area contributed by atoms with E-state index in [-0.39, 0.29) is 11.7 Å². The molecule has 0 bridgehead atoms. The molecule has 0 fully saturated rings. The minimum atomic E-state index is 0.0365. The summed E-state index contributed by atoms with van der Waals surface area (Å²) in [5.41, 5.74) is 2.02. The number of phenols is 1. The van der Waals surface area contributed by atoms with E-state index in [2.05, 4.69) is 10.3 Å². The molecule has 1 amide bonds. The first-order valence-corrected chi connectivity index (χ1v) is 6.68. The molecule has 0 aliphatic heterocycles. The van der Waals surface area contributed by atoms with Crippen LogP contribution in [0.3, 0.4) is 0 Å². The zero-order valence-electron chi connectivity index (χ0n) is 11.2. The normalized spacial score (nSPS) is 10.2. The van der Waals surface area contributed by atoms with E-state index in [4.69, 9.17) is 0 Å². The molecule has 0 unspecified atom stereocenters. The van der Waals surface area contributed by atoms with Crippen LogP contribution in [0.1, 0.15) is 17.7 Å². The summed E-state index contributed by atoms with van der Waals surface area (Å²) in [7, 11) is 0. The average Bonchev–Trinajstić information content (AvgIpc) is 2.48. The third kappa shape index (κ3) is 4.72. The van der Waals surface area contributed by atoms with E-state index < -0.39 is 0 Å². The van der Waals surface area contributed by atoms with Crippen LogP contribution in [-0.2, 0) is 17.6 Å². The Hall–Kier alpha value is -2.36. The van der Waals surface area contributed by atoms with Crippen molar-refractivity contribution in [2.45, 2.75) is 19.3 Å². The highest BCUT2D eigenvalue weighted by Gasteiger charge is 2.02. The standard InChI is InChI=1S/C16H18N2O2/c19-15-7-4-13(5-8-15)10-12-18-16(20)9-6-14-3-1-2-11-17-14/h1-5,7-8,11,19H,6,9-10,12H2,(H,18,20). The van der Waals surface area contributed by atoms with Gasteiger partial charge in [-0.3, -0.25) is 9.78 Å². The number of carbonyl (C=O) groups is 1. The molecule has 0 saturated heterocycles. The van der Waals surface area contributed by atoms with Gasteiger partial charge in [0.05, 0.1) is 0 Å². The third-order valence-corrected chi connectivity index (χ3v) is 3.01. The minimum absolute atomic E-state index is 0.0365. The van der Waals surface area contributed by atoms with Crippen LogP contribution in [0, 0.1) is 0 Å². The van der Waals surface area contributed by atoms with E-state index in [0.717, 1.165) is 17.7 Å². The number of aryl methyl sites for hydroxylation is 1. The van der Waals surface area contributed by atoms with Gasteiger partial charge in [-0.2, -0.15) is 0 Å². The number of amides is 1. The van der Waals surface area contributed by atoms with Gasteiger partial charge in [0, 0.05) is 24.9 Å². The molecule has 1 heterocycles. The number of nitrogens with one attached hydrogen (secondary N) is 1. The molecule has 2 aromatic rings. The van der Waals surface area contributed by atoms with Crippen LogP contribution < -0.4 is 5.32 Å². The fourth-order valence-electron chi connectivity index (χ4n) is 1.88. The van der Waals surface area contributed by atoms with Crippen molar-refractivity contribution in [1.29, 1.82) is 0 Å². The first-order valence-electron chi connectivity index (χ1n) is 6.68. The van der Waals surface area contributed by atoms with Crippen LogP contribution in [0.25, 0.3) is 0 Å². The van der Waals surface area contributed by atoms with Gasteiger partial charge in [0.15, 0.2) is 0 Å². The number of hydrogen-bond acceptors (Lipinski definition) is 3. The fourth-order valence-corrected chi connectivity index (χ4v) is 1.88. The Labute approximate surface area is 118 Å². The Balaban J connectivity index is 1.66. The summed E-state index contributed by atoms with van der Waals surface area (Å²) in [5, 5.41) is 12.1. The van der Waals surface area contributed by atoms with Gasteiger partial charge in [-0.25, -0.2) is 0 Å². The van der Waals surface area contributed by atoms with Gasteiger partial charge < -0.3 is 10.4 Å². The Kier molecular flexibility index (Phi) is 5.12. The van der Waals surface area contributed by atoms with Crippen molar-refractivity contribution < 1.29 is 9.90 Å². The van der Waals surface area contributed by atoms with Crippen LogP contribution in [0.5, 0.6) is 5.75 Å². The van der Waals surface area contributed by atoms with Gasteiger partial charge >= 0.3 is 0 Å². The molecular formula is C16H18N2O2. The lowest BCUT2D eigenvalue weighted by Crippen LogP contribution is -2.25. The van der Waals surface area contributed by atoms with Gasteiger partial charge in [0.25, 0.3) is 0 Å². The summed E-state index contributed by atoms with van der Waals surface area (Å²) < 4.78 is 0. The second kappa shape index (κ2) is 7.28. The van der Waals surface area contributed by atoms with Crippen molar-refractivity contribution in [2.24, 2.45) is 0 Å². The van der Waals surface area contributed by atoms with Gasteiger partial charge in [-0.15, -0.1) is 0 Å². The Bertz CT molecular complexity index is 538. The predicted molar refractivity (Wildman–Crippen MR) is 77.4 cm³/mol. The maximum absolute atomic E-state index is 11.7. The summed E-state index contributed by atoms with van der Waals surface area (Å²) in [6.45, 7) is 0.603. The van der Waals surface area contributed by atoms with E-state index in [1.807, 2.05) is 30.3 Å². The van der Waals surface area contributed by atoms with Crippen LogP contribution >= 0.6 is 0 Å². The van der Waals surface area contributed by atoms with Crippen LogP contribution in [0.4, 0.5) is 0 Å². The molecule has 20 heavy (non-hydrogen) atoms. The van der Waals surface area contributed by atoms with Gasteiger partial charge in [0.2, 0.25) is 5.91 Å². The smallest absolute Gasteiger partial charge is 0.220 e. The average molecular weight is 270 g/mol. The fraction of sp³-hybridized carbons (Fsp3) is 0.250. The second-order valence-corrected chi connectivity index (χ2v) is 4.59. The molecule has 4 nitrogen and oxygen atoms in total. The monoisotopic (exact) mass is 270 g/mol. The molecule has 0 aliphatic rings. The molecule has 0 spiro atoms. The largest absolute Gasteiger partial charge is 0.508 e. The van der Waals surface area contributed by atoms with Crippen molar-refractivity contribution in [3.8, 4) is 5.75 Å². The summed E-state index contributed by atoms with van der Waals surface area (Å²) in [6.07, 6.45) is 3.60. The van der Waals surface area contributed by atoms with E-state index >= 15 is 0 Å². The van der Waals surface area contributed by atoms with E-state index in [1.165, 1.54) is 0 Å². The first-order chi connectivity index (χ1) is 9.74.